The Morgan fingerprint density at radius 2 is 2.17 bits per heavy atom. The van der Waals surface area contributed by atoms with Crippen LogP contribution in [0.3, 0.4) is 0 Å². The van der Waals surface area contributed by atoms with E-state index in [0.29, 0.717) is 10.8 Å². The molecule has 2 aromatic heterocycles. The van der Waals surface area contributed by atoms with E-state index in [2.05, 4.69) is 4.98 Å². The van der Waals surface area contributed by atoms with E-state index in [0.717, 1.165) is 0 Å². The van der Waals surface area contributed by atoms with Crippen molar-refractivity contribution in [2.75, 3.05) is 0 Å². The third kappa shape index (κ3) is 0.987. The van der Waals surface area contributed by atoms with Gasteiger partial charge in [0, 0.05) is 12.3 Å². The van der Waals surface area contributed by atoms with Crippen LogP contribution in [0.15, 0.2) is 35.3 Å². The van der Waals surface area contributed by atoms with Gasteiger partial charge in [0.15, 0.2) is 0 Å². The van der Waals surface area contributed by atoms with Crippen LogP contribution in [-0.2, 0) is 0 Å². The summed E-state index contributed by atoms with van der Waals surface area (Å²) < 4.78 is 1.35. The minimum atomic E-state index is -0.161. The molecule has 0 aliphatic heterocycles. The van der Waals surface area contributed by atoms with Crippen LogP contribution >= 0.6 is 11.6 Å². The lowest BCUT2D eigenvalue weighted by molar-refractivity contribution is 1.05. The fraction of sp³-hybridized carbons (Fsp3) is 0. The predicted molar refractivity (Wildman–Crippen MR) is 46.5 cm³/mol. The molecular formula is C8H5ClN2O. The molecule has 0 bridgehead atoms. The maximum Gasteiger partial charge on any atom is 0.258 e. The van der Waals surface area contributed by atoms with E-state index >= 15 is 0 Å². The first-order valence-electron chi connectivity index (χ1n) is 3.41. The minimum Gasteiger partial charge on any atom is -0.269 e. The third-order valence-corrected chi connectivity index (χ3v) is 1.86. The highest BCUT2D eigenvalue weighted by molar-refractivity contribution is 6.29. The summed E-state index contributed by atoms with van der Waals surface area (Å²) in [4.78, 5) is 15.2. The van der Waals surface area contributed by atoms with Crippen molar-refractivity contribution in [3.63, 3.8) is 0 Å². The smallest absolute Gasteiger partial charge is 0.258 e. The van der Waals surface area contributed by atoms with Crippen LogP contribution in [0.2, 0.25) is 5.15 Å². The number of fused-ring (bicyclic) bond motifs is 1. The molecule has 0 atom stereocenters. The van der Waals surface area contributed by atoms with Gasteiger partial charge < -0.3 is 0 Å². The molecule has 3 nitrogen and oxygen atoms in total. The molecule has 0 spiro atoms. The molecule has 60 valence electrons. The van der Waals surface area contributed by atoms with Crippen molar-refractivity contribution in [1.29, 1.82) is 0 Å². The predicted octanol–water partition coefficient (Wildman–Crippen LogP) is 1.35. The van der Waals surface area contributed by atoms with Crippen LogP contribution in [0, 0.1) is 0 Å². The summed E-state index contributed by atoms with van der Waals surface area (Å²) >= 11 is 5.79. The van der Waals surface area contributed by atoms with Crippen LogP contribution < -0.4 is 5.56 Å². The van der Waals surface area contributed by atoms with Crippen LogP contribution in [0.1, 0.15) is 0 Å². The zero-order valence-corrected chi connectivity index (χ0v) is 6.82. The molecule has 4 heteroatoms. The molecule has 0 fully saturated rings. The van der Waals surface area contributed by atoms with E-state index in [-0.39, 0.29) is 5.56 Å². The van der Waals surface area contributed by atoms with Crippen molar-refractivity contribution >= 4 is 17.2 Å². The van der Waals surface area contributed by atoms with Gasteiger partial charge in [0.05, 0.1) is 0 Å². The first-order chi connectivity index (χ1) is 5.79. The van der Waals surface area contributed by atoms with Gasteiger partial charge in [-0.05, 0) is 12.1 Å². The molecule has 0 aliphatic carbocycles. The lowest BCUT2D eigenvalue weighted by atomic mass is 10.4. The number of pyridine rings is 1. The second kappa shape index (κ2) is 2.60. The summed E-state index contributed by atoms with van der Waals surface area (Å²) in [6.07, 6.45) is 1.47. The van der Waals surface area contributed by atoms with Crippen molar-refractivity contribution < 1.29 is 0 Å². The van der Waals surface area contributed by atoms with Crippen molar-refractivity contribution in [3.05, 3.63) is 46.0 Å². The molecule has 0 aromatic carbocycles. The molecule has 12 heavy (non-hydrogen) atoms. The second-order valence-corrected chi connectivity index (χ2v) is 2.71. The maximum absolute atomic E-state index is 11.2. The molecule has 0 aliphatic rings. The summed E-state index contributed by atoms with van der Waals surface area (Å²) in [5.74, 6) is 0. The Labute approximate surface area is 73.2 Å². The van der Waals surface area contributed by atoms with Gasteiger partial charge in [0.1, 0.15) is 10.8 Å². The van der Waals surface area contributed by atoms with Crippen LogP contribution in [0.25, 0.3) is 5.65 Å². The van der Waals surface area contributed by atoms with E-state index in [4.69, 9.17) is 11.6 Å². The SMILES string of the molecule is O=c1ccnc2cccc(Cl)n12. The Morgan fingerprint density at radius 3 is 2.92 bits per heavy atom. The standard InChI is InChI=1S/C8H5ClN2O/c9-6-2-1-3-7-10-5-4-8(12)11(6)7/h1-5H. The average Bonchev–Trinajstić information content (AvgIpc) is 2.04. The zero-order valence-electron chi connectivity index (χ0n) is 6.07. The quantitative estimate of drug-likeness (QED) is 0.574. The van der Waals surface area contributed by atoms with Gasteiger partial charge in [-0.3, -0.25) is 9.20 Å². The summed E-state index contributed by atoms with van der Waals surface area (Å²) in [6.45, 7) is 0. The molecule has 0 amide bonds. The van der Waals surface area contributed by atoms with E-state index in [1.165, 1.54) is 16.7 Å². The highest BCUT2D eigenvalue weighted by atomic mass is 35.5. The van der Waals surface area contributed by atoms with E-state index in [1.807, 2.05) is 0 Å². The number of nitrogens with zero attached hydrogens (tertiary/aromatic N) is 2. The van der Waals surface area contributed by atoms with E-state index in [9.17, 15) is 4.79 Å². The lowest BCUT2D eigenvalue weighted by Crippen LogP contribution is -2.13. The van der Waals surface area contributed by atoms with Crippen molar-refractivity contribution in [2.45, 2.75) is 0 Å². The largest absolute Gasteiger partial charge is 0.269 e. The number of rotatable bonds is 0. The molecule has 0 radical (unpaired) electrons. The van der Waals surface area contributed by atoms with Crippen molar-refractivity contribution in [2.24, 2.45) is 0 Å². The highest BCUT2D eigenvalue weighted by Gasteiger charge is 1.98. The summed E-state index contributed by atoms with van der Waals surface area (Å²) in [5.41, 5.74) is 0.403. The fourth-order valence-electron chi connectivity index (χ4n) is 1.04. The number of aromatic nitrogens is 2. The van der Waals surface area contributed by atoms with E-state index < -0.39 is 0 Å². The lowest BCUT2D eigenvalue weighted by Gasteiger charge is -1.99. The number of hydrogen-bond acceptors (Lipinski definition) is 2. The molecule has 0 saturated carbocycles. The Balaban J connectivity index is 3.07. The topological polar surface area (TPSA) is 34.4 Å². The monoisotopic (exact) mass is 180 g/mol. The van der Waals surface area contributed by atoms with Crippen molar-refractivity contribution in [1.82, 2.24) is 9.38 Å². The summed E-state index contributed by atoms with van der Waals surface area (Å²) in [7, 11) is 0. The molecule has 0 saturated heterocycles. The van der Waals surface area contributed by atoms with E-state index in [1.54, 1.807) is 18.2 Å². The highest BCUT2D eigenvalue weighted by Crippen LogP contribution is 2.06. The Kier molecular flexibility index (Phi) is 1.59. The van der Waals surface area contributed by atoms with Crippen LogP contribution in [0.5, 0.6) is 0 Å². The molecule has 0 N–H and O–H groups in total. The van der Waals surface area contributed by atoms with Gasteiger partial charge in [-0.25, -0.2) is 4.98 Å². The van der Waals surface area contributed by atoms with Gasteiger partial charge in [0.25, 0.3) is 5.56 Å². The van der Waals surface area contributed by atoms with Crippen LogP contribution in [-0.4, -0.2) is 9.38 Å². The van der Waals surface area contributed by atoms with Gasteiger partial charge >= 0.3 is 0 Å². The first kappa shape index (κ1) is 7.31. The summed E-state index contributed by atoms with van der Waals surface area (Å²) in [5, 5.41) is 0.380. The Bertz CT molecular complexity index is 472. The zero-order chi connectivity index (χ0) is 8.55. The minimum absolute atomic E-state index is 0.161. The number of hydrogen-bond donors (Lipinski definition) is 0. The molecule has 2 rings (SSSR count). The fourth-order valence-corrected chi connectivity index (χ4v) is 1.29. The first-order valence-corrected chi connectivity index (χ1v) is 3.79. The Morgan fingerprint density at radius 1 is 1.33 bits per heavy atom. The van der Waals surface area contributed by atoms with Gasteiger partial charge in [-0.1, -0.05) is 17.7 Å². The van der Waals surface area contributed by atoms with Gasteiger partial charge in [-0.2, -0.15) is 0 Å². The molecular weight excluding hydrogens is 176 g/mol. The number of halogens is 1. The maximum atomic E-state index is 11.2. The van der Waals surface area contributed by atoms with Gasteiger partial charge in [0.2, 0.25) is 0 Å². The summed E-state index contributed by atoms with van der Waals surface area (Å²) in [6, 6.07) is 6.51. The molecule has 2 aromatic rings. The normalized spacial score (nSPS) is 10.4. The molecule has 2 heterocycles. The van der Waals surface area contributed by atoms with Gasteiger partial charge in [-0.15, -0.1) is 0 Å². The second-order valence-electron chi connectivity index (χ2n) is 2.33. The molecule has 0 unspecified atom stereocenters. The average molecular weight is 181 g/mol. The van der Waals surface area contributed by atoms with Crippen LogP contribution in [0.4, 0.5) is 0 Å². The Hall–Kier alpha value is -1.35. The third-order valence-electron chi connectivity index (χ3n) is 1.57. The van der Waals surface area contributed by atoms with Crippen molar-refractivity contribution in [3.8, 4) is 0 Å².